The van der Waals surface area contributed by atoms with Gasteiger partial charge in [-0.25, -0.2) is 0 Å². The van der Waals surface area contributed by atoms with Crippen LogP contribution < -0.4 is 4.90 Å². The van der Waals surface area contributed by atoms with Crippen LogP contribution in [0.15, 0.2) is 162 Å². The van der Waals surface area contributed by atoms with Crippen molar-refractivity contribution < 1.29 is 4.42 Å². The Bertz CT molecular complexity index is 2770. The average molecular weight is 607 g/mol. The van der Waals surface area contributed by atoms with Gasteiger partial charge in [0.05, 0.1) is 11.0 Å². The summed E-state index contributed by atoms with van der Waals surface area (Å²) in [4.78, 5) is 2.37. The number of aromatic nitrogens is 1. The summed E-state index contributed by atoms with van der Waals surface area (Å²) in [6, 6.07) is 56.6. The molecule has 0 bridgehead atoms. The van der Waals surface area contributed by atoms with Crippen LogP contribution in [0, 0.1) is 0 Å². The molecular formula is C42H26N2OS. The average Bonchev–Trinajstić information content (AvgIpc) is 3.77. The maximum absolute atomic E-state index is 6.39. The number of benzene rings is 7. The van der Waals surface area contributed by atoms with Crippen LogP contribution in [0.2, 0.25) is 0 Å². The van der Waals surface area contributed by atoms with E-state index in [0.717, 1.165) is 44.7 Å². The van der Waals surface area contributed by atoms with Gasteiger partial charge in [-0.3, -0.25) is 0 Å². The normalized spacial score (nSPS) is 11.9. The molecule has 0 amide bonds. The molecule has 10 aromatic rings. The van der Waals surface area contributed by atoms with Gasteiger partial charge in [-0.2, -0.15) is 0 Å². The van der Waals surface area contributed by atoms with Crippen LogP contribution in [0.4, 0.5) is 17.1 Å². The number of furan rings is 1. The van der Waals surface area contributed by atoms with E-state index in [0.29, 0.717) is 0 Å². The van der Waals surface area contributed by atoms with Crippen molar-refractivity contribution in [2.75, 3.05) is 4.90 Å². The Labute approximate surface area is 268 Å². The molecule has 0 aliphatic carbocycles. The number of fused-ring (bicyclic) bond motifs is 9. The zero-order valence-corrected chi connectivity index (χ0v) is 25.5. The molecule has 0 spiro atoms. The molecule has 216 valence electrons. The molecule has 3 heterocycles. The van der Waals surface area contributed by atoms with E-state index in [2.05, 4.69) is 155 Å². The van der Waals surface area contributed by atoms with E-state index < -0.39 is 0 Å². The summed E-state index contributed by atoms with van der Waals surface area (Å²) in [6.07, 6.45) is 0. The summed E-state index contributed by atoms with van der Waals surface area (Å²) in [6.45, 7) is 0. The topological polar surface area (TPSA) is 21.3 Å². The number of hydrogen-bond acceptors (Lipinski definition) is 3. The maximum atomic E-state index is 6.39. The molecule has 0 saturated heterocycles. The highest BCUT2D eigenvalue weighted by Crippen LogP contribution is 2.44. The summed E-state index contributed by atoms with van der Waals surface area (Å²) in [5.41, 5.74) is 8.53. The molecule has 0 fully saturated rings. The highest BCUT2D eigenvalue weighted by atomic mass is 32.1. The van der Waals surface area contributed by atoms with Crippen molar-refractivity contribution in [3.05, 3.63) is 158 Å². The second-order valence-corrected chi connectivity index (χ2v) is 12.9. The molecule has 46 heavy (non-hydrogen) atoms. The van der Waals surface area contributed by atoms with Crippen molar-refractivity contribution in [2.24, 2.45) is 0 Å². The largest absolute Gasteiger partial charge is 0.456 e. The van der Waals surface area contributed by atoms with E-state index >= 15 is 0 Å². The molecule has 0 aliphatic heterocycles. The lowest BCUT2D eigenvalue weighted by atomic mass is 10.1. The van der Waals surface area contributed by atoms with Crippen molar-refractivity contribution >= 4 is 92.3 Å². The zero-order valence-electron chi connectivity index (χ0n) is 24.7. The Kier molecular flexibility index (Phi) is 5.45. The molecule has 0 atom stereocenters. The molecule has 10 rings (SSSR count). The van der Waals surface area contributed by atoms with Crippen molar-refractivity contribution in [1.29, 1.82) is 0 Å². The Morgan fingerprint density at radius 1 is 0.413 bits per heavy atom. The third kappa shape index (κ3) is 3.77. The van der Waals surface area contributed by atoms with Crippen LogP contribution in [0.1, 0.15) is 0 Å². The van der Waals surface area contributed by atoms with Crippen molar-refractivity contribution in [2.45, 2.75) is 0 Å². The molecule has 4 heteroatoms. The number of para-hydroxylation sites is 3. The minimum absolute atomic E-state index is 0.880. The zero-order chi connectivity index (χ0) is 30.2. The lowest BCUT2D eigenvalue weighted by molar-refractivity contribution is 0.669. The predicted molar refractivity (Wildman–Crippen MR) is 196 cm³/mol. The van der Waals surface area contributed by atoms with Crippen molar-refractivity contribution in [3.8, 4) is 5.69 Å². The lowest BCUT2D eigenvalue weighted by Gasteiger charge is -2.26. The Balaban J connectivity index is 1.25. The molecule has 3 aromatic heterocycles. The fourth-order valence-corrected chi connectivity index (χ4v) is 8.19. The van der Waals surface area contributed by atoms with Gasteiger partial charge in [0.1, 0.15) is 11.2 Å². The van der Waals surface area contributed by atoms with Gasteiger partial charge in [-0.1, -0.05) is 78.9 Å². The van der Waals surface area contributed by atoms with Crippen LogP contribution >= 0.6 is 11.3 Å². The van der Waals surface area contributed by atoms with Crippen molar-refractivity contribution in [1.82, 2.24) is 4.57 Å². The summed E-state index contributed by atoms with van der Waals surface area (Å²) >= 11 is 1.84. The Morgan fingerprint density at radius 2 is 1.02 bits per heavy atom. The van der Waals surface area contributed by atoms with Gasteiger partial charge in [0, 0.05) is 70.5 Å². The number of thiophene rings is 1. The summed E-state index contributed by atoms with van der Waals surface area (Å²) < 4.78 is 11.4. The van der Waals surface area contributed by atoms with E-state index in [-0.39, 0.29) is 0 Å². The van der Waals surface area contributed by atoms with E-state index in [9.17, 15) is 0 Å². The third-order valence-electron chi connectivity index (χ3n) is 9.17. The Hall–Kier alpha value is -5.84. The van der Waals surface area contributed by atoms with Gasteiger partial charge in [0.15, 0.2) is 0 Å². The van der Waals surface area contributed by atoms with E-state index in [1.54, 1.807) is 0 Å². The van der Waals surface area contributed by atoms with Gasteiger partial charge in [0.25, 0.3) is 0 Å². The van der Waals surface area contributed by atoms with Gasteiger partial charge in [-0.05, 0) is 72.8 Å². The first-order valence-electron chi connectivity index (χ1n) is 15.5. The third-order valence-corrected chi connectivity index (χ3v) is 10.3. The fraction of sp³-hybridized carbons (Fsp3) is 0. The van der Waals surface area contributed by atoms with Gasteiger partial charge in [0.2, 0.25) is 0 Å². The number of nitrogens with zero attached hydrogens (tertiary/aromatic N) is 2. The minimum Gasteiger partial charge on any atom is -0.456 e. The van der Waals surface area contributed by atoms with Crippen LogP contribution in [0.3, 0.4) is 0 Å². The fourth-order valence-electron chi connectivity index (χ4n) is 7.11. The first-order chi connectivity index (χ1) is 22.8. The van der Waals surface area contributed by atoms with E-state index in [4.69, 9.17) is 4.42 Å². The number of hydrogen-bond donors (Lipinski definition) is 0. The van der Waals surface area contributed by atoms with E-state index in [1.165, 1.54) is 42.0 Å². The number of anilines is 3. The second-order valence-electron chi connectivity index (χ2n) is 11.8. The molecule has 0 unspecified atom stereocenters. The van der Waals surface area contributed by atoms with Crippen LogP contribution in [-0.4, -0.2) is 4.57 Å². The monoisotopic (exact) mass is 606 g/mol. The minimum atomic E-state index is 0.880. The van der Waals surface area contributed by atoms with Gasteiger partial charge >= 0.3 is 0 Å². The molecule has 0 radical (unpaired) electrons. The highest BCUT2D eigenvalue weighted by molar-refractivity contribution is 7.25. The van der Waals surface area contributed by atoms with E-state index in [1.807, 2.05) is 23.5 Å². The molecule has 0 aliphatic rings. The van der Waals surface area contributed by atoms with Crippen LogP contribution in [0.5, 0.6) is 0 Å². The molecular weight excluding hydrogens is 581 g/mol. The first-order valence-corrected chi connectivity index (χ1v) is 16.3. The van der Waals surface area contributed by atoms with Crippen LogP contribution in [-0.2, 0) is 0 Å². The maximum Gasteiger partial charge on any atom is 0.137 e. The molecule has 3 nitrogen and oxygen atoms in total. The molecule has 0 N–H and O–H groups in total. The quantitative estimate of drug-likeness (QED) is 0.199. The smallest absolute Gasteiger partial charge is 0.137 e. The standard InChI is InChI=1S/C42H26N2OS/c1-2-10-27(11-3-1)44-37-15-7-4-12-31(37)32-21-18-29(25-38(32)44)43(28-20-23-42-36(24-28)35-14-6-9-17-41(35)46-42)30-19-22-34-33-13-5-8-16-39(33)45-40(34)26-30/h1-26H. The summed E-state index contributed by atoms with van der Waals surface area (Å²) in [5.74, 6) is 0. The summed E-state index contributed by atoms with van der Waals surface area (Å²) in [5, 5.41) is 7.29. The molecule has 7 aromatic carbocycles. The van der Waals surface area contributed by atoms with Gasteiger partial charge < -0.3 is 13.9 Å². The Morgan fingerprint density at radius 3 is 1.91 bits per heavy atom. The number of rotatable bonds is 4. The predicted octanol–water partition coefficient (Wildman–Crippen LogP) is 12.5. The highest BCUT2D eigenvalue weighted by Gasteiger charge is 2.20. The van der Waals surface area contributed by atoms with Crippen LogP contribution in [0.25, 0.3) is 69.6 Å². The second kappa shape index (κ2) is 9.83. The van der Waals surface area contributed by atoms with Gasteiger partial charge in [-0.15, -0.1) is 11.3 Å². The van der Waals surface area contributed by atoms with Crippen molar-refractivity contribution in [3.63, 3.8) is 0 Å². The SMILES string of the molecule is c1ccc(-n2c3ccccc3c3ccc(N(c4ccc5c(c4)oc4ccccc45)c4ccc5sc6ccccc6c5c4)cc32)cc1. The summed E-state index contributed by atoms with van der Waals surface area (Å²) in [7, 11) is 0. The molecule has 0 saturated carbocycles. The first kappa shape index (κ1) is 25.5. The lowest BCUT2D eigenvalue weighted by Crippen LogP contribution is -2.10.